The van der Waals surface area contributed by atoms with E-state index in [-0.39, 0.29) is 24.4 Å². The van der Waals surface area contributed by atoms with Crippen LogP contribution >= 0.6 is 12.4 Å². The average Bonchev–Trinajstić information content (AvgIpc) is 3.15. The SMILES string of the molecule is CNC(C)CNC(=O)c1nn(-c2ccccc2C)c2c1CCC2.Cl. The molecule has 6 heteroatoms. The lowest BCUT2D eigenvalue weighted by molar-refractivity contribution is 0.0944. The molecule has 0 saturated carbocycles. The second-order valence-electron chi connectivity index (χ2n) is 6.23. The summed E-state index contributed by atoms with van der Waals surface area (Å²) in [4.78, 5) is 12.5. The zero-order chi connectivity index (χ0) is 16.4. The van der Waals surface area contributed by atoms with E-state index >= 15 is 0 Å². The fraction of sp³-hybridized carbons (Fsp3) is 0.444. The highest BCUT2D eigenvalue weighted by Gasteiger charge is 2.27. The van der Waals surface area contributed by atoms with Crippen molar-refractivity contribution >= 4 is 18.3 Å². The molecule has 0 radical (unpaired) electrons. The molecule has 1 atom stereocenters. The summed E-state index contributed by atoms with van der Waals surface area (Å²) in [6.07, 6.45) is 3.01. The Hall–Kier alpha value is -1.85. The number of fused-ring (bicyclic) bond motifs is 1. The van der Waals surface area contributed by atoms with Crippen molar-refractivity contribution in [2.45, 2.75) is 39.2 Å². The Kier molecular flexibility index (Phi) is 6.02. The monoisotopic (exact) mass is 348 g/mol. The van der Waals surface area contributed by atoms with Gasteiger partial charge < -0.3 is 10.6 Å². The maximum Gasteiger partial charge on any atom is 0.272 e. The van der Waals surface area contributed by atoms with Gasteiger partial charge in [-0.2, -0.15) is 5.10 Å². The minimum absolute atomic E-state index is 0. The highest BCUT2D eigenvalue weighted by Crippen LogP contribution is 2.28. The molecule has 130 valence electrons. The molecular formula is C18H25ClN4O. The molecule has 3 rings (SSSR count). The lowest BCUT2D eigenvalue weighted by Crippen LogP contribution is -2.37. The van der Waals surface area contributed by atoms with Crippen LogP contribution in [0.2, 0.25) is 0 Å². The predicted octanol–water partition coefficient (Wildman–Crippen LogP) is 2.43. The fourth-order valence-electron chi connectivity index (χ4n) is 3.05. The number of nitrogens with one attached hydrogen (secondary N) is 2. The van der Waals surface area contributed by atoms with Gasteiger partial charge in [-0.3, -0.25) is 4.79 Å². The number of carbonyl (C=O) groups is 1. The molecule has 24 heavy (non-hydrogen) atoms. The van der Waals surface area contributed by atoms with Gasteiger partial charge in [0.1, 0.15) is 0 Å². The Labute approximate surface area is 149 Å². The molecule has 1 unspecified atom stereocenters. The summed E-state index contributed by atoms with van der Waals surface area (Å²) in [7, 11) is 1.89. The third kappa shape index (κ3) is 3.47. The van der Waals surface area contributed by atoms with Gasteiger partial charge in [-0.05, 0) is 51.8 Å². The minimum atomic E-state index is -0.0717. The molecule has 1 aliphatic rings. The average molecular weight is 349 g/mol. The lowest BCUT2D eigenvalue weighted by Gasteiger charge is -2.11. The summed E-state index contributed by atoms with van der Waals surface area (Å²) in [5.74, 6) is -0.0717. The molecule has 0 aliphatic heterocycles. The van der Waals surface area contributed by atoms with E-state index in [1.54, 1.807) is 0 Å². The first-order chi connectivity index (χ1) is 11.1. The maximum atomic E-state index is 12.5. The Bertz CT molecular complexity index is 726. The van der Waals surface area contributed by atoms with Crippen molar-refractivity contribution in [3.8, 4) is 5.69 Å². The second kappa shape index (κ2) is 7.81. The lowest BCUT2D eigenvalue weighted by atomic mass is 10.1. The maximum absolute atomic E-state index is 12.5. The van der Waals surface area contributed by atoms with Gasteiger partial charge in [-0.1, -0.05) is 18.2 Å². The molecule has 1 aliphatic carbocycles. The third-order valence-electron chi connectivity index (χ3n) is 4.55. The minimum Gasteiger partial charge on any atom is -0.349 e. The van der Waals surface area contributed by atoms with E-state index in [1.165, 1.54) is 11.3 Å². The van der Waals surface area contributed by atoms with Crippen molar-refractivity contribution in [2.24, 2.45) is 0 Å². The van der Waals surface area contributed by atoms with Crippen LogP contribution in [0.25, 0.3) is 5.69 Å². The summed E-state index contributed by atoms with van der Waals surface area (Å²) in [6.45, 7) is 4.71. The third-order valence-corrected chi connectivity index (χ3v) is 4.55. The first kappa shape index (κ1) is 18.5. The molecule has 2 N–H and O–H groups in total. The molecule has 0 bridgehead atoms. The largest absolute Gasteiger partial charge is 0.349 e. The van der Waals surface area contributed by atoms with Crippen molar-refractivity contribution in [2.75, 3.05) is 13.6 Å². The molecule has 1 aromatic carbocycles. The standard InChI is InChI=1S/C18H24N4O.ClH/c1-12-7-4-5-9-15(12)22-16-10-6-8-14(16)17(21-22)18(23)20-11-13(2)19-3;/h4-5,7,9,13,19H,6,8,10-11H2,1-3H3,(H,20,23);1H. The number of hydrogen-bond acceptors (Lipinski definition) is 3. The predicted molar refractivity (Wildman–Crippen MR) is 98.4 cm³/mol. The van der Waals surface area contributed by atoms with Crippen LogP contribution in [0.1, 0.15) is 40.7 Å². The number of likely N-dealkylation sites (N-methyl/N-ethyl adjacent to an activating group) is 1. The van der Waals surface area contributed by atoms with E-state index in [9.17, 15) is 4.79 Å². The van der Waals surface area contributed by atoms with Crippen LogP contribution in [0, 0.1) is 6.92 Å². The van der Waals surface area contributed by atoms with Gasteiger partial charge >= 0.3 is 0 Å². The van der Waals surface area contributed by atoms with E-state index in [1.807, 2.05) is 30.8 Å². The van der Waals surface area contributed by atoms with Crippen molar-refractivity contribution < 1.29 is 4.79 Å². The molecule has 0 saturated heterocycles. The second-order valence-corrected chi connectivity index (χ2v) is 6.23. The van der Waals surface area contributed by atoms with E-state index in [0.29, 0.717) is 12.2 Å². The van der Waals surface area contributed by atoms with Crippen LogP contribution in [-0.2, 0) is 12.8 Å². The topological polar surface area (TPSA) is 58.9 Å². The zero-order valence-corrected chi connectivity index (χ0v) is 15.2. The molecule has 1 heterocycles. The number of aryl methyl sites for hydroxylation is 1. The zero-order valence-electron chi connectivity index (χ0n) is 14.4. The summed E-state index contributed by atoms with van der Waals surface area (Å²) >= 11 is 0. The number of rotatable bonds is 5. The number of aromatic nitrogens is 2. The van der Waals surface area contributed by atoms with Gasteiger partial charge in [0.2, 0.25) is 0 Å². The van der Waals surface area contributed by atoms with Crippen LogP contribution in [-0.4, -0.2) is 35.3 Å². The van der Waals surface area contributed by atoms with Crippen molar-refractivity contribution in [3.63, 3.8) is 0 Å². The number of hydrogen-bond donors (Lipinski definition) is 2. The summed E-state index contributed by atoms with van der Waals surface area (Å²) in [5, 5.41) is 10.8. The molecule has 0 spiro atoms. The summed E-state index contributed by atoms with van der Waals surface area (Å²) < 4.78 is 1.97. The molecule has 0 fully saturated rings. The van der Waals surface area contributed by atoms with Crippen LogP contribution in [0.15, 0.2) is 24.3 Å². The molecule has 1 amide bonds. The number of nitrogens with zero attached hydrogens (tertiary/aromatic N) is 2. The Balaban J connectivity index is 0.00000208. The van der Waals surface area contributed by atoms with Crippen LogP contribution in [0.4, 0.5) is 0 Å². The van der Waals surface area contributed by atoms with E-state index in [4.69, 9.17) is 0 Å². The van der Waals surface area contributed by atoms with E-state index in [2.05, 4.69) is 34.8 Å². The van der Waals surface area contributed by atoms with Crippen LogP contribution in [0.5, 0.6) is 0 Å². The number of amides is 1. The van der Waals surface area contributed by atoms with Crippen LogP contribution in [0.3, 0.4) is 0 Å². The van der Waals surface area contributed by atoms with Crippen molar-refractivity contribution in [1.82, 2.24) is 20.4 Å². The summed E-state index contributed by atoms with van der Waals surface area (Å²) in [6, 6.07) is 8.42. The normalized spacial score (nSPS) is 14.0. The molecule has 5 nitrogen and oxygen atoms in total. The molecular weight excluding hydrogens is 324 g/mol. The highest BCUT2D eigenvalue weighted by molar-refractivity contribution is 5.94. The first-order valence-corrected chi connectivity index (χ1v) is 8.24. The Morgan fingerprint density at radius 2 is 2.08 bits per heavy atom. The highest BCUT2D eigenvalue weighted by atomic mass is 35.5. The Morgan fingerprint density at radius 3 is 2.79 bits per heavy atom. The van der Waals surface area contributed by atoms with E-state index in [0.717, 1.165) is 30.5 Å². The van der Waals surface area contributed by atoms with Crippen molar-refractivity contribution in [3.05, 3.63) is 46.8 Å². The van der Waals surface area contributed by atoms with Gasteiger partial charge in [-0.25, -0.2) is 4.68 Å². The van der Waals surface area contributed by atoms with Gasteiger partial charge in [0.15, 0.2) is 5.69 Å². The number of carbonyl (C=O) groups excluding carboxylic acids is 1. The van der Waals surface area contributed by atoms with E-state index < -0.39 is 0 Å². The number of para-hydroxylation sites is 1. The van der Waals surface area contributed by atoms with Crippen LogP contribution < -0.4 is 10.6 Å². The fourth-order valence-corrected chi connectivity index (χ4v) is 3.05. The van der Waals surface area contributed by atoms with Gasteiger partial charge in [0.25, 0.3) is 5.91 Å². The van der Waals surface area contributed by atoms with Gasteiger partial charge in [-0.15, -0.1) is 12.4 Å². The van der Waals surface area contributed by atoms with Gasteiger partial charge in [0, 0.05) is 23.8 Å². The number of benzene rings is 1. The molecule has 1 aromatic heterocycles. The van der Waals surface area contributed by atoms with Crippen molar-refractivity contribution in [1.29, 1.82) is 0 Å². The first-order valence-electron chi connectivity index (χ1n) is 8.24. The Morgan fingerprint density at radius 1 is 1.33 bits per heavy atom. The smallest absolute Gasteiger partial charge is 0.272 e. The molecule has 2 aromatic rings. The quantitative estimate of drug-likeness (QED) is 0.872. The number of halogens is 1. The van der Waals surface area contributed by atoms with Gasteiger partial charge in [0.05, 0.1) is 5.69 Å². The summed E-state index contributed by atoms with van der Waals surface area (Å²) in [5.41, 5.74) is 5.12.